The number of nitrogens with zero attached hydrogens (tertiary/aromatic N) is 3. The summed E-state index contributed by atoms with van der Waals surface area (Å²) in [4.78, 5) is 50.3. The van der Waals surface area contributed by atoms with E-state index in [0.717, 1.165) is 20.9 Å². The van der Waals surface area contributed by atoms with E-state index in [-0.39, 0.29) is 5.92 Å². The molecule has 1 atom stereocenters. The molecule has 4 aromatic rings. The minimum Gasteiger partial charge on any atom is -0.491 e. The first-order chi connectivity index (χ1) is 23.8. The lowest BCUT2D eigenvalue weighted by molar-refractivity contribution is 0.249. The molecule has 50 heavy (non-hydrogen) atoms. The van der Waals surface area contributed by atoms with Gasteiger partial charge in [-0.2, -0.15) is 0 Å². The molecule has 0 bridgehead atoms. The number of carbonyl (C=O) groups is 3. The number of hydrogen-bond acceptors (Lipinski definition) is 9. The van der Waals surface area contributed by atoms with Gasteiger partial charge in [0.05, 0.1) is 30.6 Å². The summed E-state index contributed by atoms with van der Waals surface area (Å²) < 4.78 is 12.2. The van der Waals surface area contributed by atoms with Gasteiger partial charge in [-0.1, -0.05) is 57.2 Å². The van der Waals surface area contributed by atoms with Crippen LogP contribution in [0.1, 0.15) is 61.5 Å². The lowest BCUT2D eigenvalue weighted by Gasteiger charge is -2.30. The Kier molecular flexibility index (Phi) is 13.4. The van der Waals surface area contributed by atoms with Crippen LogP contribution in [0.5, 0.6) is 11.5 Å². The summed E-state index contributed by atoms with van der Waals surface area (Å²) in [7, 11) is 0. The summed E-state index contributed by atoms with van der Waals surface area (Å²) >= 11 is 2.56. The standard InChI is InChI=1S/C35H46N8O5S2/c1-20(2)18-47-27-10-8-9-23(6)30(27)40-32(45)41-33-39-17-29(50-33)24(7)43(26-12-11-22(5)15-28(26)48-19-21(3)4)35(46)42-34-38-16-25(49-34)13-14-37-31(36)44/h8-12,15-17,20-21,24H,13-14,18-19H2,1-7H3,(H3,36,37,44)(H,38,42,46)(H2,39,40,41,45). The van der Waals surface area contributed by atoms with E-state index in [1.54, 1.807) is 17.3 Å². The molecule has 13 nitrogen and oxygen atoms in total. The molecule has 2 aromatic carbocycles. The van der Waals surface area contributed by atoms with Crippen molar-refractivity contribution in [2.45, 2.75) is 60.9 Å². The van der Waals surface area contributed by atoms with Gasteiger partial charge in [-0.3, -0.25) is 15.5 Å². The van der Waals surface area contributed by atoms with Crippen molar-refractivity contribution in [1.29, 1.82) is 0 Å². The molecule has 0 aliphatic carbocycles. The highest BCUT2D eigenvalue weighted by atomic mass is 32.1. The van der Waals surface area contributed by atoms with E-state index < -0.39 is 24.1 Å². The van der Waals surface area contributed by atoms with Crippen LogP contribution in [-0.2, 0) is 6.42 Å². The zero-order valence-electron chi connectivity index (χ0n) is 29.5. The molecular formula is C35H46N8O5S2. The van der Waals surface area contributed by atoms with Crippen molar-refractivity contribution in [3.05, 3.63) is 69.7 Å². The van der Waals surface area contributed by atoms with Gasteiger partial charge in [0.25, 0.3) is 0 Å². The first-order valence-electron chi connectivity index (χ1n) is 16.4. The molecule has 268 valence electrons. The fourth-order valence-electron chi connectivity index (χ4n) is 4.71. The van der Waals surface area contributed by atoms with Crippen molar-refractivity contribution in [3.63, 3.8) is 0 Å². The number of benzene rings is 2. The topological polar surface area (TPSA) is 173 Å². The molecule has 15 heteroatoms. The largest absolute Gasteiger partial charge is 0.491 e. The van der Waals surface area contributed by atoms with E-state index in [0.29, 0.717) is 65.2 Å². The number of rotatable bonds is 15. The summed E-state index contributed by atoms with van der Waals surface area (Å²) in [5.74, 6) is 1.74. The van der Waals surface area contributed by atoms with Gasteiger partial charge < -0.3 is 25.8 Å². The molecule has 6 amide bonds. The van der Waals surface area contributed by atoms with E-state index in [1.165, 1.54) is 22.7 Å². The van der Waals surface area contributed by atoms with Gasteiger partial charge >= 0.3 is 18.1 Å². The number of thiazole rings is 2. The molecule has 0 fully saturated rings. The number of hydrogen-bond donors (Lipinski definition) is 5. The third-order valence-electron chi connectivity index (χ3n) is 7.19. The Labute approximate surface area is 301 Å². The van der Waals surface area contributed by atoms with E-state index in [1.807, 2.05) is 57.2 Å². The molecule has 2 aromatic heterocycles. The number of ether oxygens (including phenoxy) is 2. The number of urea groups is 3. The number of primary amides is 1. The van der Waals surface area contributed by atoms with E-state index in [2.05, 4.69) is 58.9 Å². The Morgan fingerprint density at radius 2 is 1.54 bits per heavy atom. The number of nitrogens with one attached hydrogen (secondary N) is 4. The Morgan fingerprint density at radius 1 is 0.860 bits per heavy atom. The number of amides is 6. The minimum absolute atomic E-state index is 0.264. The van der Waals surface area contributed by atoms with E-state index in [9.17, 15) is 14.4 Å². The second-order valence-corrected chi connectivity index (χ2v) is 14.8. The molecular weight excluding hydrogens is 677 g/mol. The third kappa shape index (κ3) is 10.8. The predicted octanol–water partition coefficient (Wildman–Crippen LogP) is 7.94. The van der Waals surface area contributed by atoms with Crippen LogP contribution < -0.4 is 41.4 Å². The van der Waals surface area contributed by atoms with Crippen LogP contribution in [0.4, 0.5) is 36.0 Å². The van der Waals surface area contributed by atoms with Crippen molar-refractivity contribution < 1.29 is 23.9 Å². The van der Waals surface area contributed by atoms with Gasteiger partial charge in [-0.25, -0.2) is 24.4 Å². The monoisotopic (exact) mass is 722 g/mol. The summed E-state index contributed by atoms with van der Waals surface area (Å²) in [6, 6.07) is 9.28. The molecule has 0 aliphatic heterocycles. The van der Waals surface area contributed by atoms with Crippen LogP contribution in [-0.4, -0.2) is 47.8 Å². The van der Waals surface area contributed by atoms with Crippen molar-refractivity contribution in [1.82, 2.24) is 15.3 Å². The molecule has 2 heterocycles. The van der Waals surface area contributed by atoms with Crippen LogP contribution in [0.15, 0.2) is 48.8 Å². The van der Waals surface area contributed by atoms with Crippen LogP contribution in [0.2, 0.25) is 0 Å². The van der Waals surface area contributed by atoms with Gasteiger partial charge in [0.15, 0.2) is 10.3 Å². The second kappa shape index (κ2) is 17.7. The highest BCUT2D eigenvalue weighted by Gasteiger charge is 2.29. The SMILES string of the molecule is Cc1ccc(N(C(=O)Nc2ncc(CCNC(N)=O)s2)C(C)c2cnc(NC(=O)Nc3c(C)cccc3OCC(C)C)s2)c(OCC(C)C)c1. The zero-order valence-corrected chi connectivity index (χ0v) is 31.1. The smallest absolute Gasteiger partial charge is 0.328 e. The molecule has 0 aliphatic rings. The average Bonchev–Trinajstić information content (AvgIpc) is 3.70. The molecule has 0 spiro atoms. The Bertz CT molecular complexity index is 1770. The number of nitrogens with two attached hydrogens (primary N) is 1. The number of anilines is 4. The summed E-state index contributed by atoms with van der Waals surface area (Å²) in [6.07, 6.45) is 3.82. The fraction of sp³-hybridized carbons (Fsp3) is 0.400. The summed E-state index contributed by atoms with van der Waals surface area (Å²) in [6.45, 7) is 15.3. The van der Waals surface area contributed by atoms with Gasteiger partial charge in [0.1, 0.15) is 11.5 Å². The minimum atomic E-state index is -0.601. The highest BCUT2D eigenvalue weighted by Crippen LogP contribution is 2.39. The summed E-state index contributed by atoms with van der Waals surface area (Å²) in [5, 5.41) is 12.0. The fourth-order valence-corrected chi connectivity index (χ4v) is 6.37. The van der Waals surface area contributed by atoms with Crippen molar-refractivity contribution in [2.75, 3.05) is 40.6 Å². The third-order valence-corrected chi connectivity index (χ3v) is 9.25. The lowest BCUT2D eigenvalue weighted by Crippen LogP contribution is -2.37. The molecule has 1 unspecified atom stereocenters. The first kappa shape index (κ1) is 37.9. The average molecular weight is 723 g/mol. The molecule has 4 rings (SSSR count). The number of para-hydroxylation sites is 1. The first-order valence-corrected chi connectivity index (χ1v) is 18.0. The molecule has 0 radical (unpaired) electrons. The molecule has 0 saturated heterocycles. The van der Waals surface area contributed by atoms with Crippen molar-refractivity contribution >= 4 is 62.4 Å². The summed E-state index contributed by atoms with van der Waals surface area (Å²) in [5.41, 5.74) is 8.17. The van der Waals surface area contributed by atoms with Gasteiger partial charge in [-0.15, -0.1) is 11.3 Å². The Hall–Kier alpha value is -4.89. The number of aromatic nitrogens is 2. The van der Waals surface area contributed by atoms with Crippen LogP contribution in [0.3, 0.4) is 0 Å². The second-order valence-electron chi connectivity index (χ2n) is 12.6. The van der Waals surface area contributed by atoms with Gasteiger partial charge in [0, 0.05) is 35.1 Å². The lowest BCUT2D eigenvalue weighted by atomic mass is 10.1. The highest BCUT2D eigenvalue weighted by molar-refractivity contribution is 7.16. The number of aryl methyl sites for hydroxylation is 2. The van der Waals surface area contributed by atoms with Crippen LogP contribution in [0, 0.1) is 25.7 Å². The van der Waals surface area contributed by atoms with Crippen LogP contribution >= 0.6 is 22.7 Å². The van der Waals surface area contributed by atoms with E-state index in [4.69, 9.17) is 15.2 Å². The maximum Gasteiger partial charge on any atom is 0.328 e. The van der Waals surface area contributed by atoms with Crippen LogP contribution in [0.25, 0.3) is 0 Å². The zero-order chi connectivity index (χ0) is 36.4. The van der Waals surface area contributed by atoms with Gasteiger partial charge in [0.2, 0.25) is 0 Å². The van der Waals surface area contributed by atoms with Crippen molar-refractivity contribution in [2.24, 2.45) is 17.6 Å². The maximum atomic E-state index is 14.1. The Balaban J connectivity index is 1.57. The quantitative estimate of drug-likeness (QED) is 0.0828. The van der Waals surface area contributed by atoms with Crippen molar-refractivity contribution in [3.8, 4) is 11.5 Å². The number of carbonyl (C=O) groups excluding carboxylic acids is 3. The molecule has 0 saturated carbocycles. The Morgan fingerprint density at radius 3 is 2.24 bits per heavy atom. The van der Waals surface area contributed by atoms with Gasteiger partial charge in [-0.05, 0) is 61.9 Å². The maximum absolute atomic E-state index is 14.1. The predicted molar refractivity (Wildman–Crippen MR) is 201 cm³/mol. The molecule has 6 N–H and O–H groups in total. The van der Waals surface area contributed by atoms with E-state index >= 15 is 0 Å². The normalized spacial score (nSPS) is 11.6.